The highest BCUT2D eigenvalue weighted by molar-refractivity contribution is 7.99. The highest BCUT2D eigenvalue weighted by Crippen LogP contribution is 2.22. The zero-order valence-electron chi connectivity index (χ0n) is 9.73. The first-order chi connectivity index (χ1) is 7.52. The third-order valence-corrected chi connectivity index (χ3v) is 4.37. The van der Waals surface area contributed by atoms with Crippen molar-refractivity contribution in [1.82, 2.24) is 5.32 Å². The topological polar surface area (TPSA) is 66.4 Å². The summed E-state index contributed by atoms with van der Waals surface area (Å²) >= 11 is 1.91. The molecule has 3 atom stereocenters. The van der Waals surface area contributed by atoms with Crippen molar-refractivity contribution in [1.29, 1.82) is 0 Å². The monoisotopic (exact) mass is 245 g/mol. The average molecular weight is 245 g/mol. The molecule has 0 bridgehead atoms. The minimum Gasteiger partial charge on any atom is -0.481 e. The fraction of sp³-hybridized carbons (Fsp3) is 0.818. The van der Waals surface area contributed by atoms with Crippen molar-refractivity contribution in [2.45, 2.75) is 20.3 Å². The number of nitrogens with one attached hydrogen (secondary N) is 1. The summed E-state index contributed by atoms with van der Waals surface area (Å²) in [5.41, 5.74) is 0. The first-order valence-electron chi connectivity index (χ1n) is 5.60. The van der Waals surface area contributed by atoms with Crippen LogP contribution >= 0.6 is 11.8 Å². The van der Waals surface area contributed by atoms with E-state index in [0.29, 0.717) is 12.5 Å². The van der Waals surface area contributed by atoms with Gasteiger partial charge in [-0.1, -0.05) is 13.8 Å². The van der Waals surface area contributed by atoms with Crippen molar-refractivity contribution < 1.29 is 14.7 Å². The van der Waals surface area contributed by atoms with Gasteiger partial charge in [0.25, 0.3) is 0 Å². The predicted octanol–water partition coefficient (Wildman–Crippen LogP) is 1.21. The van der Waals surface area contributed by atoms with Gasteiger partial charge in [-0.15, -0.1) is 0 Å². The Kier molecular flexibility index (Phi) is 5.12. The minimum atomic E-state index is -0.918. The molecule has 92 valence electrons. The quantitative estimate of drug-likeness (QED) is 0.764. The number of carbonyl (C=O) groups excluding carboxylic acids is 1. The molecule has 1 aliphatic heterocycles. The maximum Gasteiger partial charge on any atom is 0.307 e. The SMILES string of the molecule is CC(C(=O)O)C(C)C(=O)NCC1CCSC1. The van der Waals surface area contributed by atoms with E-state index < -0.39 is 17.8 Å². The Hall–Kier alpha value is -0.710. The van der Waals surface area contributed by atoms with E-state index in [0.717, 1.165) is 12.2 Å². The molecule has 0 spiro atoms. The molecule has 0 aromatic rings. The Morgan fingerprint density at radius 3 is 2.62 bits per heavy atom. The molecule has 16 heavy (non-hydrogen) atoms. The molecule has 0 radical (unpaired) electrons. The van der Waals surface area contributed by atoms with Gasteiger partial charge in [0, 0.05) is 12.5 Å². The second-order valence-electron chi connectivity index (χ2n) is 4.39. The second kappa shape index (κ2) is 6.13. The van der Waals surface area contributed by atoms with Gasteiger partial charge in [-0.05, 0) is 23.8 Å². The largest absolute Gasteiger partial charge is 0.481 e. The molecule has 0 aromatic heterocycles. The highest BCUT2D eigenvalue weighted by atomic mass is 32.2. The van der Waals surface area contributed by atoms with E-state index in [1.807, 2.05) is 11.8 Å². The van der Waals surface area contributed by atoms with Crippen LogP contribution in [0.4, 0.5) is 0 Å². The van der Waals surface area contributed by atoms with Gasteiger partial charge in [-0.3, -0.25) is 9.59 Å². The smallest absolute Gasteiger partial charge is 0.307 e. The molecule has 1 amide bonds. The lowest BCUT2D eigenvalue weighted by molar-refractivity contribution is -0.146. The van der Waals surface area contributed by atoms with Gasteiger partial charge >= 0.3 is 5.97 Å². The van der Waals surface area contributed by atoms with Crippen LogP contribution in [0.5, 0.6) is 0 Å². The van der Waals surface area contributed by atoms with Crippen LogP contribution in [0.15, 0.2) is 0 Å². The maximum absolute atomic E-state index is 11.7. The maximum atomic E-state index is 11.7. The third-order valence-electron chi connectivity index (χ3n) is 3.14. The number of thioether (sulfide) groups is 1. The molecule has 1 aliphatic rings. The van der Waals surface area contributed by atoms with Crippen LogP contribution in [0.2, 0.25) is 0 Å². The molecule has 1 fully saturated rings. The van der Waals surface area contributed by atoms with Crippen LogP contribution in [-0.2, 0) is 9.59 Å². The number of rotatable bonds is 5. The molecule has 3 unspecified atom stereocenters. The first kappa shape index (κ1) is 13.4. The molecular formula is C11H19NO3S. The van der Waals surface area contributed by atoms with Gasteiger partial charge in [-0.2, -0.15) is 11.8 Å². The Bertz CT molecular complexity index is 264. The average Bonchev–Trinajstić information content (AvgIpc) is 2.76. The molecule has 1 saturated heterocycles. The van der Waals surface area contributed by atoms with Crippen LogP contribution in [0, 0.1) is 17.8 Å². The molecule has 0 aromatic carbocycles. The van der Waals surface area contributed by atoms with Crippen LogP contribution in [0.1, 0.15) is 20.3 Å². The van der Waals surface area contributed by atoms with Crippen LogP contribution < -0.4 is 5.32 Å². The molecule has 5 heteroatoms. The summed E-state index contributed by atoms with van der Waals surface area (Å²) in [6.07, 6.45) is 1.15. The lowest BCUT2D eigenvalue weighted by atomic mass is 9.95. The summed E-state index contributed by atoms with van der Waals surface area (Å²) in [5, 5.41) is 11.6. The number of hydrogen-bond acceptors (Lipinski definition) is 3. The summed E-state index contributed by atoms with van der Waals surface area (Å²) in [6.45, 7) is 3.91. The Morgan fingerprint density at radius 2 is 2.12 bits per heavy atom. The lowest BCUT2D eigenvalue weighted by Gasteiger charge is -2.17. The lowest BCUT2D eigenvalue weighted by Crippen LogP contribution is -2.37. The van der Waals surface area contributed by atoms with Gasteiger partial charge < -0.3 is 10.4 Å². The highest BCUT2D eigenvalue weighted by Gasteiger charge is 2.26. The van der Waals surface area contributed by atoms with Crippen molar-refractivity contribution in [3.63, 3.8) is 0 Å². The fourth-order valence-electron chi connectivity index (χ4n) is 1.59. The Morgan fingerprint density at radius 1 is 1.44 bits per heavy atom. The predicted molar refractivity (Wildman–Crippen MR) is 64.4 cm³/mol. The number of amides is 1. The van der Waals surface area contributed by atoms with Crippen molar-refractivity contribution in [3.05, 3.63) is 0 Å². The van der Waals surface area contributed by atoms with E-state index in [2.05, 4.69) is 5.32 Å². The molecule has 1 rings (SSSR count). The summed E-state index contributed by atoms with van der Waals surface area (Å²) in [5.74, 6) is 0.668. The Balaban J connectivity index is 2.30. The van der Waals surface area contributed by atoms with Gasteiger partial charge in [0.1, 0.15) is 0 Å². The van der Waals surface area contributed by atoms with Gasteiger partial charge in [-0.25, -0.2) is 0 Å². The van der Waals surface area contributed by atoms with Gasteiger partial charge in [0.15, 0.2) is 0 Å². The van der Waals surface area contributed by atoms with E-state index in [1.165, 1.54) is 5.75 Å². The van der Waals surface area contributed by atoms with E-state index in [1.54, 1.807) is 13.8 Å². The van der Waals surface area contributed by atoms with Crippen LogP contribution in [0.25, 0.3) is 0 Å². The van der Waals surface area contributed by atoms with Gasteiger partial charge in [0.2, 0.25) is 5.91 Å². The Labute approximate surface area is 100 Å². The molecule has 0 aliphatic carbocycles. The van der Waals surface area contributed by atoms with E-state index in [-0.39, 0.29) is 5.91 Å². The van der Waals surface area contributed by atoms with Crippen molar-refractivity contribution >= 4 is 23.6 Å². The van der Waals surface area contributed by atoms with E-state index in [9.17, 15) is 9.59 Å². The van der Waals surface area contributed by atoms with Crippen LogP contribution in [-0.4, -0.2) is 35.0 Å². The molecule has 1 heterocycles. The molecule has 2 N–H and O–H groups in total. The fourth-order valence-corrected chi connectivity index (χ4v) is 2.88. The normalized spacial score (nSPS) is 23.8. The minimum absolute atomic E-state index is 0.146. The summed E-state index contributed by atoms with van der Waals surface area (Å²) in [4.78, 5) is 22.4. The standard InChI is InChI=1S/C11H19NO3S/c1-7(8(2)11(14)15)10(13)12-5-9-3-4-16-6-9/h7-9H,3-6H2,1-2H3,(H,12,13)(H,14,15). The number of carboxylic acid groups (broad SMARTS) is 1. The number of carbonyl (C=O) groups is 2. The summed E-state index contributed by atoms with van der Waals surface area (Å²) < 4.78 is 0. The second-order valence-corrected chi connectivity index (χ2v) is 5.54. The van der Waals surface area contributed by atoms with E-state index >= 15 is 0 Å². The zero-order chi connectivity index (χ0) is 12.1. The van der Waals surface area contributed by atoms with E-state index in [4.69, 9.17) is 5.11 Å². The van der Waals surface area contributed by atoms with Crippen molar-refractivity contribution in [2.24, 2.45) is 17.8 Å². The molecule has 4 nitrogen and oxygen atoms in total. The number of carboxylic acids is 1. The zero-order valence-corrected chi connectivity index (χ0v) is 10.5. The van der Waals surface area contributed by atoms with Crippen molar-refractivity contribution in [3.8, 4) is 0 Å². The number of hydrogen-bond donors (Lipinski definition) is 2. The summed E-state index contributed by atoms with van der Waals surface area (Å²) in [6, 6.07) is 0. The molecule has 0 saturated carbocycles. The molecular weight excluding hydrogens is 226 g/mol. The number of aliphatic carboxylic acids is 1. The van der Waals surface area contributed by atoms with Crippen LogP contribution in [0.3, 0.4) is 0 Å². The third kappa shape index (κ3) is 3.70. The van der Waals surface area contributed by atoms with Gasteiger partial charge in [0.05, 0.1) is 5.92 Å². The van der Waals surface area contributed by atoms with Crippen molar-refractivity contribution in [2.75, 3.05) is 18.1 Å². The first-order valence-corrected chi connectivity index (χ1v) is 6.76. The summed E-state index contributed by atoms with van der Waals surface area (Å²) in [7, 11) is 0.